The zero-order chi connectivity index (χ0) is 25.2. The van der Waals surface area contributed by atoms with E-state index in [4.69, 9.17) is 9.26 Å². The smallest absolute Gasteiger partial charge is 0.372 e. The molecule has 0 saturated carbocycles. The Morgan fingerprint density at radius 1 is 1.00 bits per heavy atom. The van der Waals surface area contributed by atoms with Gasteiger partial charge in [-0.05, 0) is 69.8 Å². The van der Waals surface area contributed by atoms with Crippen LogP contribution >= 0.6 is 15.9 Å². The average molecular weight is 564 g/mol. The SMILES string of the molecule is FC(F)(F)c1cc(CO[C@@H]2CCCN(Cc3nc(Br)no3)[C@@H]2c2ccccc2)cc(C(F)(F)F)c1. The first-order valence-electron chi connectivity index (χ1n) is 10.7. The molecule has 1 aliphatic heterocycles. The van der Waals surface area contributed by atoms with Crippen LogP contribution in [-0.4, -0.2) is 27.7 Å². The second-order valence-corrected chi connectivity index (χ2v) is 8.90. The van der Waals surface area contributed by atoms with Gasteiger partial charge < -0.3 is 9.26 Å². The van der Waals surface area contributed by atoms with Gasteiger partial charge >= 0.3 is 12.4 Å². The number of ether oxygens (including phenoxy) is 1. The van der Waals surface area contributed by atoms with E-state index in [1.165, 1.54) is 0 Å². The summed E-state index contributed by atoms with van der Waals surface area (Å²) in [6.07, 6.45) is -9.03. The van der Waals surface area contributed by atoms with Gasteiger partial charge in [0.2, 0.25) is 10.6 Å². The minimum absolute atomic E-state index is 0.112. The third-order valence-corrected chi connectivity index (χ3v) is 6.04. The second kappa shape index (κ2) is 10.3. The summed E-state index contributed by atoms with van der Waals surface area (Å²) in [6.45, 7) is 0.571. The second-order valence-electron chi connectivity index (χ2n) is 8.19. The van der Waals surface area contributed by atoms with Crippen molar-refractivity contribution in [1.82, 2.24) is 15.0 Å². The van der Waals surface area contributed by atoms with Crippen molar-refractivity contribution in [3.8, 4) is 0 Å². The molecule has 2 atom stereocenters. The van der Waals surface area contributed by atoms with Gasteiger partial charge in [-0.15, -0.1) is 0 Å². The lowest BCUT2D eigenvalue weighted by Gasteiger charge is -2.40. The molecule has 12 heteroatoms. The molecule has 5 nitrogen and oxygen atoms in total. The Bertz CT molecular complexity index is 1100. The quantitative estimate of drug-likeness (QED) is 0.309. The molecule has 188 valence electrons. The van der Waals surface area contributed by atoms with Gasteiger partial charge in [-0.1, -0.05) is 30.3 Å². The molecule has 0 amide bonds. The Morgan fingerprint density at radius 2 is 1.66 bits per heavy atom. The number of rotatable bonds is 6. The Labute approximate surface area is 205 Å². The van der Waals surface area contributed by atoms with E-state index < -0.39 is 36.2 Å². The molecule has 35 heavy (non-hydrogen) atoms. The third-order valence-electron chi connectivity index (χ3n) is 5.71. The minimum atomic E-state index is -4.91. The molecule has 2 heterocycles. The van der Waals surface area contributed by atoms with E-state index in [-0.39, 0.29) is 17.7 Å². The van der Waals surface area contributed by atoms with Crippen LogP contribution in [-0.2, 0) is 30.2 Å². The summed E-state index contributed by atoms with van der Waals surface area (Å²) in [4.78, 5) is 6.21. The Morgan fingerprint density at radius 3 is 2.23 bits per heavy atom. The Hall–Kier alpha value is -2.44. The van der Waals surface area contributed by atoms with Gasteiger partial charge in [0, 0.05) is 0 Å². The number of nitrogens with zero attached hydrogens (tertiary/aromatic N) is 3. The van der Waals surface area contributed by atoms with Gasteiger partial charge in [0.1, 0.15) is 0 Å². The van der Waals surface area contributed by atoms with E-state index in [1.54, 1.807) is 0 Å². The summed E-state index contributed by atoms with van der Waals surface area (Å²) in [5, 5.41) is 3.72. The van der Waals surface area contributed by atoms with Crippen molar-refractivity contribution in [3.05, 3.63) is 81.4 Å². The number of alkyl halides is 6. The first kappa shape index (κ1) is 25.6. The number of hydrogen-bond donors (Lipinski definition) is 0. The van der Waals surface area contributed by atoms with Crippen LogP contribution in [0.25, 0.3) is 0 Å². The molecule has 1 aliphatic rings. The zero-order valence-electron chi connectivity index (χ0n) is 18.1. The molecule has 1 saturated heterocycles. The molecule has 2 aromatic carbocycles. The van der Waals surface area contributed by atoms with Crippen LogP contribution < -0.4 is 0 Å². The fourth-order valence-electron chi connectivity index (χ4n) is 4.23. The molecule has 1 fully saturated rings. The van der Waals surface area contributed by atoms with Gasteiger partial charge in [0.05, 0.1) is 36.4 Å². The van der Waals surface area contributed by atoms with Crippen LogP contribution in [0.3, 0.4) is 0 Å². The van der Waals surface area contributed by atoms with Crippen molar-refractivity contribution in [2.24, 2.45) is 0 Å². The monoisotopic (exact) mass is 563 g/mol. The molecule has 0 radical (unpaired) electrons. The van der Waals surface area contributed by atoms with Crippen molar-refractivity contribution in [1.29, 1.82) is 0 Å². The molecule has 0 unspecified atom stereocenters. The minimum Gasteiger partial charge on any atom is -0.372 e. The van der Waals surface area contributed by atoms with Gasteiger partial charge in [0.25, 0.3) is 0 Å². The Balaban J connectivity index is 1.59. The summed E-state index contributed by atoms with van der Waals surface area (Å²) < 4.78 is 90.9. The molecule has 0 bridgehead atoms. The highest BCUT2D eigenvalue weighted by atomic mass is 79.9. The summed E-state index contributed by atoms with van der Waals surface area (Å²) in [6, 6.07) is 10.5. The van der Waals surface area contributed by atoms with Crippen LogP contribution in [0.2, 0.25) is 0 Å². The predicted octanol–water partition coefficient (Wildman–Crippen LogP) is 6.79. The Kier molecular flexibility index (Phi) is 7.53. The van der Waals surface area contributed by atoms with E-state index in [0.717, 1.165) is 5.56 Å². The predicted molar refractivity (Wildman–Crippen MR) is 116 cm³/mol. The van der Waals surface area contributed by atoms with Crippen molar-refractivity contribution >= 4 is 15.9 Å². The fourth-order valence-corrected chi connectivity index (χ4v) is 4.50. The number of likely N-dealkylation sites (tertiary alicyclic amines) is 1. The van der Waals surface area contributed by atoms with E-state index in [2.05, 4.69) is 31.0 Å². The van der Waals surface area contributed by atoms with Gasteiger partial charge in [-0.25, -0.2) is 0 Å². The lowest BCUT2D eigenvalue weighted by molar-refractivity contribution is -0.143. The number of hydrogen-bond acceptors (Lipinski definition) is 5. The maximum absolute atomic E-state index is 13.2. The van der Waals surface area contributed by atoms with E-state index in [9.17, 15) is 26.3 Å². The average Bonchev–Trinajstić information content (AvgIpc) is 3.21. The fraction of sp³-hybridized carbons (Fsp3) is 0.391. The number of piperidine rings is 1. The standard InChI is InChI=1S/C23H20BrF6N3O2/c24-21-31-19(35-32-21)12-33-8-4-7-18(20(33)15-5-2-1-3-6-15)34-13-14-9-16(22(25,26)27)11-17(10-14)23(28,29)30/h1-3,5-6,9-11,18,20H,4,7-8,12-13H2/t18-,20-/m1/s1. The largest absolute Gasteiger partial charge is 0.416 e. The van der Waals surface area contributed by atoms with Crippen molar-refractivity contribution in [3.63, 3.8) is 0 Å². The molecule has 1 aromatic heterocycles. The summed E-state index contributed by atoms with van der Waals surface area (Å²) in [5.41, 5.74) is -2.02. The highest BCUT2D eigenvalue weighted by Crippen LogP contribution is 2.38. The van der Waals surface area contributed by atoms with Gasteiger partial charge in [-0.3, -0.25) is 4.90 Å². The van der Waals surface area contributed by atoms with Crippen LogP contribution in [0.4, 0.5) is 26.3 Å². The highest BCUT2D eigenvalue weighted by molar-refractivity contribution is 9.10. The third kappa shape index (κ3) is 6.42. The maximum atomic E-state index is 13.2. The van der Waals surface area contributed by atoms with Gasteiger partial charge in [0.15, 0.2) is 0 Å². The molecule has 0 aliphatic carbocycles. The lowest BCUT2D eigenvalue weighted by atomic mass is 9.92. The van der Waals surface area contributed by atoms with Crippen molar-refractivity contribution < 1.29 is 35.6 Å². The first-order valence-corrected chi connectivity index (χ1v) is 11.5. The molecule has 3 aromatic rings. The zero-order valence-corrected chi connectivity index (χ0v) is 19.7. The molecule has 4 rings (SSSR count). The number of benzene rings is 2. The van der Waals surface area contributed by atoms with E-state index in [1.807, 2.05) is 30.3 Å². The number of aromatic nitrogens is 2. The van der Waals surface area contributed by atoms with Crippen molar-refractivity contribution in [2.75, 3.05) is 6.54 Å². The van der Waals surface area contributed by atoms with Crippen LogP contribution in [0.15, 0.2) is 57.8 Å². The van der Waals surface area contributed by atoms with Crippen molar-refractivity contribution in [2.45, 2.75) is 50.5 Å². The molecule has 0 spiro atoms. The topological polar surface area (TPSA) is 51.4 Å². The molecular formula is C23H20BrF6N3O2. The molecular weight excluding hydrogens is 544 g/mol. The van der Waals surface area contributed by atoms with Gasteiger partial charge in [-0.2, -0.15) is 31.3 Å². The summed E-state index contributed by atoms with van der Waals surface area (Å²) >= 11 is 3.14. The normalized spacial score (nSPS) is 19.7. The number of halogens is 7. The summed E-state index contributed by atoms with van der Waals surface area (Å²) in [5.74, 6) is 0.367. The molecule has 0 N–H and O–H groups in total. The summed E-state index contributed by atoms with van der Waals surface area (Å²) in [7, 11) is 0. The lowest BCUT2D eigenvalue weighted by Crippen LogP contribution is -2.42. The van der Waals surface area contributed by atoms with E-state index in [0.29, 0.717) is 48.7 Å². The van der Waals surface area contributed by atoms with E-state index >= 15 is 0 Å². The van der Waals surface area contributed by atoms with Crippen LogP contribution in [0.1, 0.15) is 47.0 Å². The van der Waals surface area contributed by atoms with Crippen LogP contribution in [0.5, 0.6) is 0 Å². The maximum Gasteiger partial charge on any atom is 0.416 e. The highest BCUT2D eigenvalue weighted by Gasteiger charge is 2.38. The van der Waals surface area contributed by atoms with Crippen LogP contribution in [0, 0.1) is 0 Å². The first-order chi connectivity index (χ1) is 16.5.